The van der Waals surface area contributed by atoms with E-state index in [1.807, 2.05) is 0 Å². The molecule has 2 aromatic carbocycles. The summed E-state index contributed by atoms with van der Waals surface area (Å²) < 4.78 is 48.5. The maximum Gasteiger partial charge on any atom is 0.323 e. The third-order valence-electron chi connectivity index (χ3n) is 2.62. The van der Waals surface area contributed by atoms with Crippen LogP contribution in [0.3, 0.4) is 0 Å². The molecule has 22 heavy (non-hydrogen) atoms. The number of hydrogen-bond acceptors (Lipinski definition) is 3. The molecular formula is C13H11F2N3O3S. The lowest BCUT2D eigenvalue weighted by Crippen LogP contribution is -2.20. The summed E-state index contributed by atoms with van der Waals surface area (Å²) in [5, 5.41) is 9.41. The summed E-state index contributed by atoms with van der Waals surface area (Å²) in [4.78, 5) is 11.6. The monoisotopic (exact) mass is 327 g/mol. The van der Waals surface area contributed by atoms with Crippen molar-refractivity contribution in [2.75, 3.05) is 10.6 Å². The summed E-state index contributed by atoms with van der Waals surface area (Å²) in [6.07, 6.45) is 0. The third kappa shape index (κ3) is 3.99. The van der Waals surface area contributed by atoms with E-state index >= 15 is 0 Å². The molecule has 0 radical (unpaired) electrons. The summed E-state index contributed by atoms with van der Waals surface area (Å²) in [5.74, 6) is -1.49. The number of rotatable bonds is 3. The lowest BCUT2D eigenvalue weighted by atomic mass is 10.3. The van der Waals surface area contributed by atoms with E-state index < -0.39 is 27.7 Å². The molecule has 2 aromatic rings. The normalized spacial score (nSPS) is 11.0. The first-order valence-electron chi connectivity index (χ1n) is 5.91. The number of halogens is 2. The molecule has 0 saturated heterocycles. The van der Waals surface area contributed by atoms with Crippen LogP contribution in [-0.2, 0) is 10.0 Å². The van der Waals surface area contributed by atoms with E-state index in [-0.39, 0.29) is 16.3 Å². The van der Waals surface area contributed by atoms with E-state index in [0.29, 0.717) is 0 Å². The van der Waals surface area contributed by atoms with Crippen LogP contribution in [0, 0.1) is 11.6 Å². The third-order valence-corrected chi connectivity index (χ3v) is 3.55. The molecule has 0 saturated carbocycles. The molecule has 9 heteroatoms. The Balaban J connectivity index is 2.07. The molecule has 0 aliphatic rings. The van der Waals surface area contributed by atoms with Gasteiger partial charge in [-0.25, -0.2) is 27.1 Å². The van der Waals surface area contributed by atoms with Crippen LogP contribution >= 0.6 is 0 Å². The fourth-order valence-corrected chi connectivity index (χ4v) is 2.12. The second kappa shape index (κ2) is 6.08. The molecule has 0 bridgehead atoms. The van der Waals surface area contributed by atoms with Crippen LogP contribution in [0.4, 0.5) is 25.0 Å². The fourth-order valence-electron chi connectivity index (χ4n) is 1.61. The van der Waals surface area contributed by atoms with E-state index in [0.717, 1.165) is 18.2 Å². The summed E-state index contributed by atoms with van der Waals surface area (Å²) in [7, 11) is -3.83. The van der Waals surface area contributed by atoms with Crippen molar-refractivity contribution in [1.29, 1.82) is 0 Å². The van der Waals surface area contributed by atoms with Crippen molar-refractivity contribution in [1.82, 2.24) is 0 Å². The first-order valence-corrected chi connectivity index (χ1v) is 7.46. The Labute approximate surface area is 125 Å². The van der Waals surface area contributed by atoms with Crippen molar-refractivity contribution in [2.45, 2.75) is 4.90 Å². The van der Waals surface area contributed by atoms with Crippen LogP contribution in [0.2, 0.25) is 0 Å². The van der Waals surface area contributed by atoms with E-state index in [9.17, 15) is 22.0 Å². The van der Waals surface area contributed by atoms with Crippen molar-refractivity contribution in [2.24, 2.45) is 5.14 Å². The second-order valence-electron chi connectivity index (χ2n) is 4.27. The SMILES string of the molecule is NS(=O)(=O)c1ccc(NC(=O)Nc2cc(F)ccc2F)cc1. The minimum Gasteiger partial charge on any atom is -0.308 e. The van der Waals surface area contributed by atoms with Crippen LogP contribution in [0.1, 0.15) is 0 Å². The molecule has 0 aliphatic heterocycles. The van der Waals surface area contributed by atoms with Gasteiger partial charge in [-0.05, 0) is 36.4 Å². The highest BCUT2D eigenvalue weighted by molar-refractivity contribution is 7.89. The quantitative estimate of drug-likeness (QED) is 0.806. The van der Waals surface area contributed by atoms with Crippen LogP contribution in [0.25, 0.3) is 0 Å². The fraction of sp³-hybridized carbons (Fsp3) is 0. The number of anilines is 2. The van der Waals surface area contributed by atoms with E-state index in [1.165, 1.54) is 24.3 Å². The van der Waals surface area contributed by atoms with Gasteiger partial charge in [0, 0.05) is 11.8 Å². The number of sulfonamides is 1. The first-order chi connectivity index (χ1) is 10.3. The van der Waals surface area contributed by atoms with Gasteiger partial charge in [-0.3, -0.25) is 0 Å². The average Bonchev–Trinajstić information content (AvgIpc) is 2.42. The van der Waals surface area contributed by atoms with Crippen LogP contribution in [-0.4, -0.2) is 14.4 Å². The Hall–Kier alpha value is -2.52. The highest BCUT2D eigenvalue weighted by Crippen LogP contribution is 2.17. The summed E-state index contributed by atoms with van der Waals surface area (Å²) in [6.45, 7) is 0. The van der Waals surface area contributed by atoms with Gasteiger partial charge in [0.1, 0.15) is 11.6 Å². The number of nitrogens with two attached hydrogens (primary N) is 1. The highest BCUT2D eigenvalue weighted by Gasteiger charge is 2.10. The topological polar surface area (TPSA) is 101 Å². The summed E-state index contributed by atoms with van der Waals surface area (Å²) >= 11 is 0. The van der Waals surface area contributed by atoms with Crippen molar-refractivity contribution in [3.05, 3.63) is 54.1 Å². The summed E-state index contributed by atoms with van der Waals surface area (Å²) in [6, 6.07) is 6.84. The van der Waals surface area contributed by atoms with Crippen molar-refractivity contribution < 1.29 is 22.0 Å². The maximum absolute atomic E-state index is 13.4. The molecule has 6 nitrogen and oxygen atoms in total. The molecule has 2 amide bonds. The zero-order valence-corrected chi connectivity index (χ0v) is 11.8. The predicted octanol–water partition coefficient (Wildman–Crippen LogP) is 2.26. The number of nitrogens with one attached hydrogen (secondary N) is 2. The van der Waals surface area contributed by atoms with E-state index in [4.69, 9.17) is 5.14 Å². The number of benzene rings is 2. The molecule has 0 aromatic heterocycles. The Kier molecular flexibility index (Phi) is 4.38. The minimum absolute atomic E-state index is 0.116. The molecule has 0 fully saturated rings. The minimum atomic E-state index is -3.83. The van der Waals surface area contributed by atoms with Gasteiger partial charge >= 0.3 is 6.03 Å². The summed E-state index contributed by atoms with van der Waals surface area (Å²) in [5.41, 5.74) is -0.0691. The van der Waals surface area contributed by atoms with Gasteiger partial charge < -0.3 is 10.6 Å². The number of carbonyl (C=O) groups is 1. The molecule has 0 spiro atoms. The Morgan fingerprint density at radius 1 is 1.00 bits per heavy atom. The van der Waals surface area contributed by atoms with E-state index in [2.05, 4.69) is 10.6 Å². The van der Waals surface area contributed by atoms with Gasteiger partial charge in [0.15, 0.2) is 0 Å². The van der Waals surface area contributed by atoms with Gasteiger partial charge in [-0.2, -0.15) is 0 Å². The zero-order chi connectivity index (χ0) is 16.3. The average molecular weight is 327 g/mol. The molecule has 4 N–H and O–H groups in total. The molecule has 0 aliphatic carbocycles. The standard InChI is InChI=1S/C13H11F2N3O3S/c14-8-1-6-11(15)12(7-8)18-13(19)17-9-2-4-10(5-3-9)22(16,20)21/h1-7H,(H2,16,20,21)(H2,17,18,19). The molecule has 2 rings (SSSR count). The molecule has 116 valence electrons. The Morgan fingerprint density at radius 3 is 2.23 bits per heavy atom. The van der Waals surface area contributed by atoms with Crippen molar-refractivity contribution in [3.8, 4) is 0 Å². The number of primary sulfonamides is 1. The van der Waals surface area contributed by atoms with Crippen molar-refractivity contribution >= 4 is 27.4 Å². The number of carbonyl (C=O) groups excluding carboxylic acids is 1. The Morgan fingerprint density at radius 2 is 1.64 bits per heavy atom. The van der Waals surface area contributed by atoms with Gasteiger partial charge in [-0.1, -0.05) is 0 Å². The molecule has 0 heterocycles. The van der Waals surface area contributed by atoms with Crippen molar-refractivity contribution in [3.63, 3.8) is 0 Å². The molecule has 0 unspecified atom stereocenters. The number of urea groups is 1. The highest BCUT2D eigenvalue weighted by atomic mass is 32.2. The van der Waals surface area contributed by atoms with E-state index in [1.54, 1.807) is 0 Å². The second-order valence-corrected chi connectivity index (χ2v) is 5.83. The smallest absolute Gasteiger partial charge is 0.308 e. The zero-order valence-electron chi connectivity index (χ0n) is 11.0. The lowest BCUT2D eigenvalue weighted by Gasteiger charge is -2.09. The largest absolute Gasteiger partial charge is 0.323 e. The van der Waals surface area contributed by atoms with Gasteiger partial charge in [0.25, 0.3) is 0 Å². The lowest BCUT2D eigenvalue weighted by molar-refractivity contribution is 0.262. The maximum atomic E-state index is 13.4. The molecule has 0 atom stereocenters. The van der Waals surface area contributed by atoms with Crippen LogP contribution < -0.4 is 15.8 Å². The van der Waals surface area contributed by atoms with Gasteiger partial charge in [-0.15, -0.1) is 0 Å². The molecular weight excluding hydrogens is 316 g/mol. The predicted molar refractivity (Wildman–Crippen MR) is 76.8 cm³/mol. The van der Waals surface area contributed by atoms with Gasteiger partial charge in [0.2, 0.25) is 10.0 Å². The first kappa shape index (κ1) is 15.9. The van der Waals surface area contributed by atoms with Crippen LogP contribution in [0.15, 0.2) is 47.4 Å². The van der Waals surface area contributed by atoms with Gasteiger partial charge in [0.05, 0.1) is 10.6 Å². The number of hydrogen-bond donors (Lipinski definition) is 3. The number of amides is 2. The Bertz CT molecular complexity index is 808. The van der Waals surface area contributed by atoms with Crippen LogP contribution in [0.5, 0.6) is 0 Å².